The number of hydrogen-bond donors (Lipinski definition) is 0. The molecule has 0 radical (unpaired) electrons. The lowest BCUT2D eigenvalue weighted by atomic mass is 10.0. The van der Waals surface area contributed by atoms with E-state index < -0.39 is 0 Å². The Morgan fingerprint density at radius 2 is 1.86 bits per heavy atom. The van der Waals surface area contributed by atoms with Gasteiger partial charge in [-0.05, 0) is 44.7 Å². The summed E-state index contributed by atoms with van der Waals surface area (Å²) in [4.78, 5) is 13.6. The topological polar surface area (TPSA) is 84.6 Å². The number of piperidine rings is 1. The molecule has 0 atom stereocenters. The minimum atomic E-state index is 0.494. The minimum Gasteiger partial charge on any atom is -0.481 e. The molecule has 0 unspecified atom stereocenters. The molecule has 1 saturated carbocycles. The predicted octanol–water partition coefficient (Wildman–Crippen LogP) is 1.86. The zero-order valence-corrected chi connectivity index (χ0v) is 16.9. The van der Waals surface area contributed by atoms with Crippen LogP contribution in [0.15, 0.2) is 24.5 Å². The van der Waals surface area contributed by atoms with Gasteiger partial charge in [0.1, 0.15) is 12.1 Å². The van der Waals surface area contributed by atoms with E-state index in [0.717, 1.165) is 55.5 Å². The lowest BCUT2D eigenvalue weighted by Gasteiger charge is -2.39. The molecule has 1 aliphatic carbocycles. The highest BCUT2D eigenvalue weighted by Gasteiger charge is 2.36. The number of ether oxygens (including phenoxy) is 1. The highest BCUT2D eigenvalue weighted by Crippen LogP contribution is 2.36. The van der Waals surface area contributed by atoms with Crippen LogP contribution in [0.5, 0.6) is 5.88 Å². The zero-order chi connectivity index (χ0) is 19.8. The molecular weight excluding hydrogens is 368 g/mol. The van der Waals surface area contributed by atoms with E-state index in [2.05, 4.69) is 35.1 Å². The van der Waals surface area contributed by atoms with Crippen molar-refractivity contribution in [3.63, 3.8) is 0 Å². The summed E-state index contributed by atoms with van der Waals surface area (Å²) in [6.07, 6.45) is 6.29. The summed E-state index contributed by atoms with van der Waals surface area (Å²) in [6.45, 7) is 4.81. The van der Waals surface area contributed by atoms with Crippen molar-refractivity contribution >= 4 is 11.5 Å². The van der Waals surface area contributed by atoms with Crippen LogP contribution in [0.4, 0.5) is 5.82 Å². The first-order chi connectivity index (χ1) is 14.2. The van der Waals surface area contributed by atoms with Gasteiger partial charge in [-0.1, -0.05) is 0 Å². The highest BCUT2D eigenvalue weighted by atomic mass is 16.5. The third-order valence-electron chi connectivity index (χ3n) is 5.82. The number of rotatable bonds is 6. The van der Waals surface area contributed by atoms with E-state index in [9.17, 15) is 0 Å². The van der Waals surface area contributed by atoms with Crippen LogP contribution in [-0.4, -0.2) is 67.0 Å². The van der Waals surface area contributed by atoms with Crippen LogP contribution >= 0.6 is 0 Å². The standard InChI is InChI=1S/C20H26N8O/c1-14-3-6-17-23-24-19(28(17)25-14)12-26-9-7-16(8-10-26)27(15-4-5-15)18-11-20(29-2)22-13-21-18/h3,6,11,13,15-16H,4-5,7-10,12H2,1-2H3. The van der Waals surface area contributed by atoms with Gasteiger partial charge in [0.05, 0.1) is 19.3 Å². The number of nitrogens with zero attached hydrogens (tertiary/aromatic N) is 8. The second-order valence-corrected chi connectivity index (χ2v) is 7.93. The Balaban J connectivity index is 1.27. The molecular formula is C20H26N8O. The Hall–Kier alpha value is -2.81. The van der Waals surface area contributed by atoms with Crippen molar-refractivity contribution in [1.82, 2.24) is 34.7 Å². The van der Waals surface area contributed by atoms with Crippen LogP contribution in [0.3, 0.4) is 0 Å². The van der Waals surface area contributed by atoms with Crippen LogP contribution in [0, 0.1) is 6.92 Å². The minimum absolute atomic E-state index is 0.494. The molecule has 4 heterocycles. The highest BCUT2D eigenvalue weighted by molar-refractivity contribution is 5.45. The Kier molecular flexibility index (Phi) is 4.75. The molecule has 9 nitrogen and oxygen atoms in total. The molecule has 2 aliphatic rings. The molecule has 0 aromatic carbocycles. The largest absolute Gasteiger partial charge is 0.481 e. The maximum absolute atomic E-state index is 5.30. The summed E-state index contributed by atoms with van der Waals surface area (Å²) in [5, 5.41) is 13.2. The maximum Gasteiger partial charge on any atom is 0.218 e. The fourth-order valence-corrected chi connectivity index (χ4v) is 4.19. The van der Waals surface area contributed by atoms with Crippen LogP contribution in [-0.2, 0) is 6.54 Å². The second-order valence-electron chi connectivity index (χ2n) is 7.93. The summed E-state index contributed by atoms with van der Waals surface area (Å²) >= 11 is 0. The predicted molar refractivity (Wildman–Crippen MR) is 108 cm³/mol. The van der Waals surface area contributed by atoms with Gasteiger partial charge in [0, 0.05) is 31.2 Å². The zero-order valence-electron chi connectivity index (χ0n) is 16.9. The summed E-state index contributed by atoms with van der Waals surface area (Å²) in [7, 11) is 1.65. The molecule has 2 fully saturated rings. The average molecular weight is 394 g/mol. The fraction of sp³-hybridized carbons (Fsp3) is 0.550. The number of hydrogen-bond acceptors (Lipinski definition) is 8. The third-order valence-corrected chi connectivity index (χ3v) is 5.82. The normalized spacial score (nSPS) is 18.3. The average Bonchev–Trinajstić information content (AvgIpc) is 3.51. The summed E-state index contributed by atoms with van der Waals surface area (Å²) in [6, 6.07) is 6.98. The van der Waals surface area contributed by atoms with Gasteiger partial charge >= 0.3 is 0 Å². The fourth-order valence-electron chi connectivity index (χ4n) is 4.19. The molecule has 0 amide bonds. The van der Waals surface area contributed by atoms with Crippen molar-refractivity contribution in [1.29, 1.82) is 0 Å². The Bertz CT molecular complexity index is 993. The van der Waals surface area contributed by atoms with Gasteiger partial charge in [0.2, 0.25) is 5.88 Å². The van der Waals surface area contributed by atoms with Crippen LogP contribution < -0.4 is 9.64 Å². The lowest BCUT2D eigenvalue weighted by Crippen LogP contribution is -2.46. The summed E-state index contributed by atoms with van der Waals surface area (Å²) in [5.74, 6) is 2.52. The molecule has 3 aromatic rings. The van der Waals surface area contributed by atoms with Crippen LogP contribution in [0.2, 0.25) is 0 Å². The molecule has 5 rings (SSSR count). The van der Waals surface area contributed by atoms with E-state index >= 15 is 0 Å². The molecule has 3 aromatic heterocycles. The van der Waals surface area contributed by atoms with Crippen molar-refractivity contribution in [2.24, 2.45) is 0 Å². The van der Waals surface area contributed by atoms with E-state index in [1.165, 1.54) is 12.8 Å². The summed E-state index contributed by atoms with van der Waals surface area (Å²) in [5.41, 5.74) is 1.77. The van der Waals surface area contributed by atoms with Gasteiger partial charge in [-0.2, -0.15) is 9.61 Å². The van der Waals surface area contributed by atoms with E-state index in [0.29, 0.717) is 18.0 Å². The second kappa shape index (κ2) is 7.55. The number of aromatic nitrogens is 6. The van der Waals surface area contributed by atoms with Crippen molar-refractivity contribution in [3.8, 4) is 5.88 Å². The van der Waals surface area contributed by atoms with Crippen molar-refractivity contribution in [3.05, 3.63) is 36.0 Å². The first kappa shape index (κ1) is 18.2. The molecule has 0 spiro atoms. The molecule has 29 heavy (non-hydrogen) atoms. The van der Waals surface area contributed by atoms with E-state index in [1.54, 1.807) is 13.4 Å². The third kappa shape index (κ3) is 3.74. The number of fused-ring (bicyclic) bond motifs is 1. The first-order valence-corrected chi connectivity index (χ1v) is 10.3. The molecule has 152 valence electrons. The van der Waals surface area contributed by atoms with Crippen LogP contribution in [0.1, 0.15) is 37.2 Å². The Morgan fingerprint density at radius 3 is 2.62 bits per heavy atom. The number of aryl methyl sites for hydroxylation is 1. The van der Waals surface area contributed by atoms with Crippen LogP contribution in [0.25, 0.3) is 5.65 Å². The molecule has 1 aliphatic heterocycles. The van der Waals surface area contributed by atoms with E-state index in [1.807, 2.05) is 29.6 Å². The monoisotopic (exact) mass is 394 g/mol. The van der Waals surface area contributed by atoms with E-state index in [-0.39, 0.29) is 0 Å². The molecule has 1 saturated heterocycles. The Morgan fingerprint density at radius 1 is 1.07 bits per heavy atom. The van der Waals surface area contributed by atoms with E-state index in [4.69, 9.17) is 4.74 Å². The number of anilines is 1. The van der Waals surface area contributed by atoms with Crippen molar-refractivity contribution in [2.75, 3.05) is 25.1 Å². The lowest BCUT2D eigenvalue weighted by molar-refractivity contribution is 0.195. The Labute approximate surface area is 169 Å². The van der Waals surface area contributed by atoms with Crippen molar-refractivity contribution in [2.45, 2.75) is 51.2 Å². The first-order valence-electron chi connectivity index (χ1n) is 10.3. The van der Waals surface area contributed by atoms with Gasteiger partial charge in [-0.3, -0.25) is 4.90 Å². The smallest absolute Gasteiger partial charge is 0.218 e. The maximum atomic E-state index is 5.30. The van der Waals surface area contributed by atoms with Gasteiger partial charge in [-0.25, -0.2) is 9.97 Å². The summed E-state index contributed by atoms with van der Waals surface area (Å²) < 4.78 is 7.17. The quantitative estimate of drug-likeness (QED) is 0.626. The molecule has 0 N–H and O–H groups in total. The molecule has 9 heteroatoms. The van der Waals surface area contributed by atoms with Gasteiger partial charge in [-0.15, -0.1) is 10.2 Å². The SMILES string of the molecule is COc1cc(N(C2CC2)C2CCN(Cc3nnc4ccc(C)nn34)CC2)ncn1. The van der Waals surface area contributed by atoms with Gasteiger partial charge in [0.25, 0.3) is 0 Å². The number of methoxy groups -OCH3 is 1. The van der Waals surface area contributed by atoms with Gasteiger partial charge in [0.15, 0.2) is 11.5 Å². The number of likely N-dealkylation sites (tertiary alicyclic amines) is 1. The van der Waals surface area contributed by atoms with Gasteiger partial charge < -0.3 is 9.64 Å². The molecule has 0 bridgehead atoms. The van der Waals surface area contributed by atoms with Crippen molar-refractivity contribution < 1.29 is 4.74 Å².